The predicted molar refractivity (Wildman–Crippen MR) is 170 cm³/mol. The molecule has 8 nitrogen and oxygen atoms in total. The molecule has 0 radical (unpaired) electrons. The molecule has 224 valence electrons. The SMILES string of the molecule is COc1cc(C(=O)NCCCCCc2nc3ccccc3n2CCCOc2ccc3ccccc3c2)cc(OC)c1OC. The Hall–Kier alpha value is -4.72. The average Bonchev–Trinajstić information content (AvgIpc) is 3.40. The fourth-order valence-corrected chi connectivity index (χ4v) is 5.34. The number of rotatable bonds is 15. The number of imidazole rings is 1. The van der Waals surface area contributed by atoms with Crippen molar-refractivity contribution < 1.29 is 23.7 Å². The van der Waals surface area contributed by atoms with E-state index in [0.717, 1.165) is 61.3 Å². The summed E-state index contributed by atoms with van der Waals surface area (Å²) in [7, 11) is 4.61. The van der Waals surface area contributed by atoms with Crippen LogP contribution in [0.2, 0.25) is 0 Å². The molecule has 8 heteroatoms. The maximum absolute atomic E-state index is 12.8. The summed E-state index contributed by atoms with van der Waals surface area (Å²) in [6.45, 7) is 2.06. The molecular weight excluding hydrogens is 542 g/mol. The second-order valence-corrected chi connectivity index (χ2v) is 10.4. The number of amides is 1. The van der Waals surface area contributed by atoms with Crippen LogP contribution in [0.15, 0.2) is 78.9 Å². The second kappa shape index (κ2) is 14.4. The van der Waals surface area contributed by atoms with Crippen LogP contribution in [0.1, 0.15) is 41.9 Å². The van der Waals surface area contributed by atoms with E-state index in [1.54, 1.807) is 12.1 Å². The average molecular weight is 582 g/mol. The Balaban J connectivity index is 1.10. The molecular formula is C35H39N3O5. The first-order chi connectivity index (χ1) is 21.1. The minimum absolute atomic E-state index is 0.174. The van der Waals surface area contributed by atoms with Crippen molar-refractivity contribution in [1.82, 2.24) is 14.9 Å². The lowest BCUT2D eigenvalue weighted by atomic mass is 10.1. The van der Waals surface area contributed by atoms with E-state index in [-0.39, 0.29) is 5.91 Å². The van der Waals surface area contributed by atoms with Crippen LogP contribution in [0.3, 0.4) is 0 Å². The fraction of sp³-hybridized carbons (Fsp3) is 0.314. The van der Waals surface area contributed by atoms with Gasteiger partial charge in [-0.15, -0.1) is 0 Å². The summed E-state index contributed by atoms with van der Waals surface area (Å²) in [6, 6.07) is 26.2. The monoisotopic (exact) mass is 581 g/mol. The normalized spacial score (nSPS) is 11.0. The first-order valence-corrected chi connectivity index (χ1v) is 14.7. The molecule has 5 rings (SSSR count). The lowest BCUT2D eigenvalue weighted by molar-refractivity contribution is 0.0952. The molecule has 43 heavy (non-hydrogen) atoms. The molecule has 0 aliphatic heterocycles. The summed E-state index contributed by atoms with van der Waals surface area (Å²) in [6.07, 6.45) is 4.59. The third kappa shape index (κ3) is 7.20. The maximum Gasteiger partial charge on any atom is 0.251 e. The summed E-state index contributed by atoms with van der Waals surface area (Å²) < 4.78 is 24.5. The second-order valence-electron chi connectivity index (χ2n) is 10.4. The Morgan fingerprint density at radius 2 is 1.53 bits per heavy atom. The summed E-state index contributed by atoms with van der Waals surface area (Å²) in [5.74, 6) is 3.18. The van der Waals surface area contributed by atoms with Crippen LogP contribution in [0.25, 0.3) is 21.8 Å². The Bertz CT molecular complexity index is 1650. The molecule has 1 aromatic heterocycles. The lowest BCUT2D eigenvalue weighted by Crippen LogP contribution is -2.24. The van der Waals surface area contributed by atoms with E-state index in [1.807, 2.05) is 24.3 Å². The molecule has 0 saturated heterocycles. The smallest absolute Gasteiger partial charge is 0.251 e. The van der Waals surface area contributed by atoms with Gasteiger partial charge in [0.25, 0.3) is 5.91 Å². The van der Waals surface area contributed by atoms with Crippen LogP contribution in [0.5, 0.6) is 23.0 Å². The van der Waals surface area contributed by atoms with Gasteiger partial charge in [0.05, 0.1) is 39.0 Å². The number of benzene rings is 4. The van der Waals surface area contributed by atoms with Crippen molar-refractivity contribution in [2.45, 2.75) is 38.6 Å². The van der Waals surface area contributed by atoms with Crippen LogP contribution in [-0.2, 0) is 13.0 Å². The number of nitrogens with zero attached hydrogens (tertiary/aromatic N) is 2. The predicted octanol–water partition coefficient (Wildman–Crippen LogP) is 6.83. The summed E-state index contributed by atoms with van der Waals surface area (Å²) in [4.78, 5) is 17.7. The topological polar surface area (TPSA) is 83.8 Å². The number of carbonyl (C=O) groups excluding carboxylic acids is 1. The highest BCUT2D eigenvalue weighted by molar-refractivity contribution is 5.95. The zero-order chi connectivity index (χ0) is 30.0. The highest BCUT2D eigenvalue weighted by Gasteiger charge is 2.17. The van der Waals surface area contributed by atoms with Gasteiger partial charge < -0.3 is 28.8 Å². The molecule has 0 spiro atoms. The van der Waals surface area contributed by atoms with Gasteiger partial charge in [0.15, 0.2) is 11.5 Å². The number of unbranched alkanes of at least 4 members (excludes halogenated alkanes) is 2. The molecule has 0 bridgehead atoms. The number of ether oxygens (including phenoxy) is 4. The van der Waals surface area contributed by atoms with Crippen molar-refractivity contribution in [3.8, 4) is 23.0 Å². The number of para-hydroxylation sites is 2. The van der Waals surface area contributed by atoms with Gasteiger partial charge in [0.2, 0.25) is 5.75 Å². The van der Waals surface area contributed by atoms with Crippen molar-refractivity contribution in [2.75, 3.05) is 34.5 Å². The number of nitrogens with one attached hydrogen (secondary N) is 1. The fourth-order valence-electron chi connectivity index (χ4n) is 5.34. The summed E-state index contributed by atoms with van der Waals surface area (Å²) >= 11 is 0. The number of methoxy groups -OCH3 is 3. The van der Waals surface area contributed by atoms with Crippen molar-refractivity contribution in [3.63, 3.8) is 0 Å². The molecule has 0 unspecified atom stereocenters. The van der Waals surface area contributed by atoms with Crippen LogP contribution < -0.4 is 24.3 Å². The van der Waals surface area contributed by atoms with E-state index in [2.05, 4.69) is 52.3 Å². The Labute approximate surface area is 252 Å². The number of aryl methyl sites for hydroxylation is 2. The van der Waals surface area contributed by atoms with Gasteiger partial charge in [0, 0.05) is 25.1 Å². The van der Waals surface area contributed by atoms with E-state index in [1.165, 1.54) is 32.1 Å². The van der Waals surface area contributed by atoms with Gasteiger partial charge in [-0.05, 0) is 66.4 Å². The molecule has 0 aliphatic rings. The lowest BCUT2D eigenvalue weighted by Gasteiger charge is -2.14. The minimum atomic E-state index is -0.174. The van der Waals surface area contributed by atoms with Crippen molar-refractivity contribution >= 4 is 27.7 Å². The Morgan fingerprint density at radius 1 is 0.791 bits per heavy atom. The third-order valence-electron chi connectivity index (χ3n) is 7.54. The van der Waals surface area contributed by atoms with E-state index in [9.17, 15) is 4.79 Å². The molecule has 0 fully saturated rings. The molecule has 1 N–H and O–H groups in total. The molecule has 0 aliphatic carbocycles. The van der Waals surface area contributed by atoms with Gasteiger partial charge in [-0.1, -0.05) is 48.9 Å². The van der Waals surface area contributed by atoms with Crippen LogP contribution in [0.4, 0.5) is 0 Å². The maximum atomic E-state index is 12.8. The van der Waals surface area contributed by atoms with Gasteiger partial charge in [0.1, 0.15) is 11.6 Å². The molecule has 0 atom stereocenters. The zero-order valence-corrected chi connectivity index (χ0v) is 25.1. The largest absolute Gasteiger partial charge is 0.494 e. The summed E-state index contributed by atoms with van der Waals surface area (Å²) in [5, 5.41) is 5.40. The minimum Gasteiger partial charge on any atom is -0.494 e. The van der Waals surface area contributed by atoms with Gasteiger partial charge >= 0.3 is 0 Å². The first-order valence-electron chi connectivity index (χ1n) is 14.7. The number of hydrogen-bond donors (Lipinski definition) is 1. The van der Waals surface area contributed by atoms with Gasteiger partial charge in [-0.3, -0.25) is 4.79 Å². The molecule has 1 amide bonds. The molecule has 1 heterocycles. The number of aromatic nitrogens is 2. The van der Waals surface area contributed by atoms with Crippen LogP contribution >= 0.6 is 0 Å². The van der Waals surface area contributed by atoms with Crippen LogP contribution in [-0.4, -0.2) is 49.9 Å². The van der Waals surface area contributed by atoms with E-state index < -0.39 is 0 Å². The van der Waals surface area contributed by atoms with Crippen molar-refractivity contribution in [3.05, 3.63) is 90.3 Å². The van der Waals surface area contributed by atoms with Gasteiger partial charge in [-0.25, -0.2) is 4.98 Å². The highest BCUT2D eigenvalue weighted by Crippen LogP contribution is 2.38. The quantitative estimate of drug-likeness (QED) is 0.137. The Kier molecular flexibility index (Phi) is 10.00. The van der Waals surface area contributed by atoms with Gasteiger partial charge in [-0.2, -0.15) is 0 Å². The molecule has 5 aromatic rings. The molecule has 4 aromatic carbocycles. The van der Waals surface area contributed by atoms with E-state index in [4.69, 9.17) is 23.9 Å². The number of carbonyl (C=O) groups is 1. The number of fused-ring (bicyclic) bond motifs is 2. The van der Waals surface area contributed by atoms with Crippen molar-refractivity contribution in [2.24, 2.45) is 0 Å². The standard InChI is InChI=1S/C35H39N3O5/c1-40-31-23-27(24-32(41-2)34(31)42-3)35(39)36-19-10-4-5-16-33-37-29-14-8-9-15-30(29)38(33)20-11-21-43-28-18-17-25-12-6-7-13-26(25)22-28/h6-9,12-15,17-18,22-24H,4-5,10-11,16,19-21H2,1-3H3,(H,36,39). The first kappa shape index (κ1) is 29.8. The van der Waals surface area contributed by atoms with E-state index >= 15 is 0 Å². The highest BCUT2D eigenvalue weighted by atomic mass is 16.5. The van der Waals surface area contributed by atoms with Crippen LogP contribution in [0, 0.1) is 0 Å². The molecule has 0 saturated carbocycles. The Morgan fingerprint density at radius 3 is 2.30 bits per heavy atom. The summed E-state index contributed by atoms with van der Waals surface area (Å²) in [5.41, 5.74) is 2.64. The third-order valence-corrected chi connectivity index (χ3v) is 7.54. The van der Waals surface area contributed by atoms with E-state index in [0.29, 0.717) is 36.0 Å². The number of hydrogen-bond acceptors (Lipinski definition) is 6. The van der Waals surface area contributed by atoms with Crippen molar-refractivity contribution in [1.29, 1.82) is 0 Å². The zero-order valence-electron chi connectivity index (χ0n) is 25.1.